The summed E-state index contributed by atoms with van der Waals surface area (Å²) in [6.07, 6.45) is 3.87. The van der Waals surface area contributed by atoms with Gasteiger partial charge in [-0.3, -0.25) is 0 Å². The minimum absolute atomic E-state index is 0.222. The lowest BCUT2D eigenvalue weighted by atomic mass is 10.1. The Hall–Kier alpha value is -0.210. The first-order valence-electron chi connectivity index (χ1n) is 7.51. The molecule has 2 heterocycles. The van der Waals surface area contributed by atoms with Gasteiger partial charge in [-0.2, -0.15) is 17.0 Å². The predicted molar refractivity (Wildman–Crippen MR) is 78.8 cm³/mol. The van der Waals surface area contributed by atoms with Crippen LogP contribution in [0.5, 0.6) is 0 Å². The van der Waals surface area contributed by atoms with Gasteiger partial charge < -0.3 is 9.64 Å². The quantitative estimate of drug-likeness (QED) is 0.638. The summed E-state index contributed by atoms with van der Waals surface area (Å²) in [6.45, 7) is 4.35. The highest BCUT2D eigenvalue weighted by Crippen LogP contribution is 2.22. The smallest absolute Gasteiger partial charge is 0.281 e. The maximum atomic E-state index is 12.2. The third kappa shape index (κ3) is 4.14. The minimum Gasteiger partial charge on any atom is -0.378 e. The van der Waals surface area contributed by atoms with Gasteiger partial charge in [0.05, 0.1) is 6.10 Å². The number of ether oxygens (including phenoxy) is 1. The van der Waals surface area contributed by atoms with E-state index in [1.165, 1.54) is 0 Å². The van der Waals surface area contributed by atoms with Gasteiger partial charge in [-0.05, 0) is 46.3 Å². The molecule has 0 aromatic rings. The van der Waals surface area contributed by atoms with E-state index in [0.29, 0.717) is 26.2 Å². The zero-order chi connectivity index (χ0) is 14.6. The molecule has 0 aromatic heterocycles. The molecule has 2 fully saturated rings. The fraction of sp³-hybridized carbons (Fsp3) is 1.00. The lowest BCUT2D eigenvalue weighted by molar-refractivity contribution is 0.0170. The minimum atomic E-state index is -3.18. The normalized spacial score (nSPS) is 23.1. The molecule has 0 radical (unpaired) electrons. The van der Waals surface area contributed by atoms with Crippen LogP contribution in [0, 0.1) is 0 Å². The molecule has 0 aromatic carbocycles. The number of rotatable bonds is 7. The van der Waals surface area contributed by atoms with E-state index in [2.05, 4.69) is 19.0 Å². The summed E-state index contributed by atoms with van der Waals surface area (Å²) in [7, 11) is 0.929. The van der Waals surface area contributed by atoms with Crippen molar-refractivity contribution in [3.8, 4) is 0 Å². The van der Waals surface area contributed by atoms with Crippen molar-refractivity contribution in [2.75, 3.05) is 53.4 Å². The second-order valence-electron chi connectivity index (χ2n) is 5.89. The van der Waals surface area contributed by atoms with Crippen LogP contribution in [-0.4, -0.2) is 81.5 Å². The Labute approximate surface area is 122 Å². The Morgan fingerprint density at radius 3 is 2.20 bits per heavy atom. The van der Waals surface area contributed by atoms with Crippen LogP contribution in [-0.2, 0) is 14.9 Å². The van der Waals surface area contributed by atoms with Crippen molar-refractivity contribution in [3.63, 3.8) is 0 Å². The second kappa shape index (κ2) is 7.17. The van der Waals surface area contributed by atoms with Gasteiger partial charge in [0.15, 0.2) is 0 Å². The van der Waals surface area contributed by atoms with Crippen molar-refractivity contribution >= 4 is 10.2 Å². The summed E-state index contributed by atoms with van der Waals surface area (Å²) < 4.78 is 33.5. The standard InChI is InChI=1S/C13H27N3O3S/c1-14(2)7-4-12-19-13-5-10-16(11-6-13)20(17,18)15-8-3-9-15/h13H,3-12H2,1-2H3. The third-order valence-corrected chi connectivity index (χ3v) is 6.01. The largest absolute Gasteiger partial charge is 0.378 e. The summed E-state index contributed by atoms with van der Waals surface area (Å²) in [5, 5.41) is 0. The number of hydrogen-bond acceptors (Lipinski definition) is 4. The van der Waals surface area contributed by atoms with Crippen LogP contribution in [0.25, 0.3) is 0 Å². The molecular formula is C13H27N3O3S. The Kier molecular flexibility index (Phi) is 5.80. The topological polar surface area (TPSA) is 53.1 Å². The van der Waals surface area contributed by atoms with Gasteiger partial charge in [0.1, 0.15) is 0 Å². The van der Waals surface area contributed by atoms with E-state index >= 15 is 0 Å². The molecule has 0 saturated carbocycles. The Bertz CT molecular complexity index is 388. The van der Waals surface area contributed by atoms with Gasteiger partial charge >= 0.3 is 0 Å². The van der Waals surface area contributed by atoms with Crippen molar-refractivity contribution in [1.82, 2.24) is 13.5 Å². The van der Waals surface area contributed by atoms with Crippen molar-refractivity contribution in [2.24, 2.45) is 0 Å². The molecule has 0 unspecified atom stereocenters. The SMILES string of the molecule is CN(C)CCCOC1CCN(S(=O)(=O)N2CCC2)CC1. The van der Waals surface area contributed by atoms with Gasteiger partial charge in [0.2, 0.25) is 0 Å². The molecule has 0 spiro atoms. The first-order valence-corrected chi connectivity index (χ1v) is 8.91. The molecule has 2 saturated heterocycles. The molecule has 2 aliphatic heterocycles. The lowest BCUT2D eigenvalue weighted by Gasteiger charge is -2.38. The molecule has 20 heavy (non-hydrogen) atoms. The molecule has 0 aliphatic carbocycles. The Morgan fingerprint density at radius 1 is 1.10 bits per heavy atom. The second-order valence-corrected chi connectivity index (χ2v) is 7.81. The van der Waals surface area contributed by atoms with Gasteiger partial charge in [0, 0.05) is 32.8 Å². The highest BCUT2D eigenvalue weighted by molar-refractivity contribution is 7.86. The fourth-order valence-corrected chi connectivity index (χ4v) is 4.26. The molecule has 2 rings (SSSR count). The van der Waals surface area contributed by atoms with Gasteiger partial charge in [0.25, 0.3) is 10.2 Å². The monoisotopic (exact) mass is 305 g/mol. The summed E-state index contributed by atoms with van der Waals surface area (Å²) >= 11 is 0. The maximum Gasteiger partial charge on any atom is 0.281 e. The Morgan fingerprint density at radius 2 is 1.70 bits per heavy atom. The van der Waals surface area contributed by atoms with Crippen molar-refractivity contribution < 1.29 is 13.2 Å². The predicted octanol–water partition coefficient (Wildman–Crippen LogP) is 0.370. The summed E-state index contributed by atoms with van der Waals surface area (Å²) in [4.78, 5) is 2.14. The van der Waals surface area contributed by atoms with E-state index in [4.69, 9.17) is 4.74 Å². The molecule has 6 nitrogen and oxygen atoms in total. The fourth-order valence-electron chi connectivity index (χ4n) is 2.54. The van der Waals surface area contributed by atoms with E-state index in [1.807, 2.05) is 0 Å². The molecule has 0 N–H and O–H groups in total. The highest BCUT2D eigenvalue weighted by Gasteiger charge is 2.35. The van der Waals surface area contributed by atoms with Gasteiger partial charge in [-0.1, -0.05) is 0 Å². The van der Waals surface area contributed by atoms with Crippen LogP contribution in [0.15, 0.2) is 0 Å². The molecule has 0 atom stereocenters. The summed E-state index contributed by atoms with van der Waals surface area (Å²) in [6, 6.07) is 0. The first-order chi connectivity index (χ1) is 9.50. The average Bonchev–Trinajstić information content (AvgIpc) is 2.32. The maximum absolute atomic E-state index is 12.2. The lowest BCUT2D eigenvalue weighted by Crippen LogP contribution is -2.52. The zero-order valence-electron chi connectivity index (χ0n) is 12.6. The summed E-state index contributed by atoms with van der Waals surface area (Å²) in [5.41, 5.74) is 0. The zero-order valence-corrected chi connectivity index (χ0v) is 13.4. The van der Waals surface area contributed by atoms with Crippen LogP contribution in [0.1, 0.15) is 25.7 Å². The van der Waals surface area contributed by atoms with E-state index in [0.717, 1.165) is 38.8 Å². The number of nitrogens with zero attached hydrogens (tertiary/aromatic N) is 3. The molecule has 0 bridgehead atoms. The molecule has 0 amide bonds. The first kappa shape index (κ1) is 16.2. The average molecular weight is 305 g/mol. The van der Waals surface area contributed by atoms with E-state index in [-0.39, 0.29) is 6.10 Å². The summed E-state index contributed by atoms with van der Waals surface area (Å²) in [5.74, 6) is 0. The molecule has 7 heteroatoms. The van der Waals surface area contributed by atoms with Crippen LogP contribution in [0.2, 0.25) is 0 Å². The van der Waals surface area contributed by atoms with E-state index in [9.17, 15) is 8.42 Å². The number of hydrogen-bond donors (Lipinski definition) is 0. The third-order valence-electron chi connectivity index (χ3n) is 3.97. The van der Waals surface area contributed by atoms with Crippen LogP contribution >= 0.6 is 0 Å². The highest BCUT2D eigenvalue weighted by atomic mass is 32.2. The van der Waals surface area contributed by atoms with Crippen LogP contribution in [0.3, 0.4) is 0 Å². The van der Waals surface area contributed by atoms with Crippen molar-refractivity contribution in [1.29, 1.82) is 0 Å². The van der Waals surface area contributed by atoms with Crippen molar-refractivity contribution in [3.05, 3.63) is 0 Å². The molecular weight excluding hydrogens is 278 g/mol. The van der Waals surface area contributed by atoms with Gasteiger partial charge in [-0.25, -0.2) is 0 Å². The van der Waals surface area contributed by atoms with Crippen molar-refractivity contribution in [2.45, 2.75) is 31.8 Å². The molecule has 118 valence electrons. The van der Waals surface area contributed by atoms with Crippen LogP contribution in [0.4, 0.5) is 0 Å². The number of piperidine rings is 1. The van der Waals surface area contributed by atoms with Gasteiger partial charge in [-0.15, -0.1) is 0 Å². The molecule has 2 aliphatic rings. The van der Waals surface area contributed by atoms with E-state index < -0.39 is 10.2 Å². The van der Waals surface area contributed by atoms with Crippen LogP contribution < -0.4 is 0 Å². The Balaban J connectivity index is 1.67. The van der Waals surface area contributed by atoms with E-state index in [1.54, 1.807) is 8.61 Å².